The Hall–Kier alpha value is -0.570. The molecule has 1 aliphatic heterocycles. The third-order valence-corrected chi connectivity index (χ3v) is 2.31. The maximum Gasteiger partial charge on any atom is 0.201 e. The van der Waals surface area contributed by atoms with E-state index in [-0.39, 0.29) is 22.7 Å². The van der Waals surface area contributed by atoms with Crippen LogP contribution in [-0.2, 0) is 9.59 Å². The van der Waals surface area contributed by atoms with Crippen molar-refractivity contribution in [1.29, 1.82) is 0 Å². The van der Waals surface area contributed by atoms with E-state index in [2.05, 4.69) is 0 Å². The van der Waals surface area contributed by atoms with Crippen molar-refractivity contribution < 1.29 is 9.59 Å². The second-order valence-electron chi connectivity index (χ2n) is 3.95. The first-order valence-electron chi connectivity index (χ1n) is 3.85. The second-order valence-corrected chi connectivity index (χ2v) is 5.05. The molecule has 1 fully saturated rings. The molecule has 66 valence electrons. The number of thioether (sulfide) groups is 1. The summed E-state index contributed by atoms with van der Waals surface area (Å²) in [5.74, 6) is -0.0278. The number of carbonyl (C=O) groups is 2. The van der Waals surface area contributed by atoms with Crippen LogP contribution in [0.25, 0.3) is 0 Å². The molecule has 0 aromatic rings. The molecular formula is C9H12O2S. The van der Waals surface area contributed by atoms with E-state index in [9.17, 15) is 9.59 Å². The van der Waals surface area contributed by atoms with Gasteiger partial charge in [0.2, 0.25) is 5.12 Å². The van der Waals surface area contributed by atoms with Crippen molar-refractivity contribution in [3.8, 4) is 0 Å². The van der Waals surface area contributed by atoms with E-state index >= 15 is 0 Å². The first-order chi connectivity index (χ1) is 5.38. The van der Waals surface area contributed by atoms with Crippen LogP contribution in [-0.4, -0.2) is 10.9 Å². The molecule has 2 nitrogen and oxygen atoms in total. The number of hydrogen-bond donors (Lipinski definition) is 0. The summed E-state index contributed by atoms with van der Waals surface area (Å²) in [4.78, 5) is 22.6. The van der Waals surface area contributed by atoms with Crippen molar-refractivity contribution in [2.24, 2.45) is 5.41 Å². The summed E-state index contributed by atoms with van der Waals surface area (Å²) in [6, 6.07) is 0. The fourth-order valence-corrected chi connectivity index (χ4v) is 1.98. The van der Waals surface area contributed by atoms with Gasteiger partial charge in [-0.1, -0.05) is 26.8 Å². The van der Waals surface area contributed by atoms with Crippen molar-refractivity contribution in [1.82, 2.24) is 0 Å². The molecule has 1 heterocycles. The van der Waals surface area contributed by atoms with Crippen LogP contribution >= 0.6 is 11.8 Å². The van der Waals surface area contributed by atoms with E-state index in [1.165, 1.54) is 0 Å². The molecular weight excluding hydrogens is 172 g/mol. The number of rotatable bonds is 0. The quantitative estimate of drug-likeness (QED) is 0.427. The van der Waals surface area contributed by atoms with Crippen LogP contribution in [0, 0.1) is 5.41 Å². The van der Waals surface area contributed by atoms with Gasteiger partial charge in [-0.2, -0.15) is 0 Å². The minimum atomic E-state index is -0.0319. The SMILES string of the molecule is CC(C)(C)/C=C1/SC(=O)CC1=O. The third kappa shape index (κ3) is 2.48. The van der Waals surface area contributed by atoms with Gasteiger partial charge in [-0.25, -0.2) is 0 Å². The Labute approximate surface area is 76.4 Å². The molecule has 0 amide bonds. The largest absolute Gasteiger partial charge is 0.293 e. The number of Topliss-reactive ketones (excluding diaryl/α,β-unsaturated/α-hetero) is 1. The van der Waals surface area contributed by atoms with Gasteiger partial charge in [0.1, 0.15) is 0 Å². The molecule has 12 heavy (non-hydrogen) atoms. The lowest BCUT2D eigenvalue weighted by molar-refractivity contribution is -0.119. The smallest absolute Gasteiger partial charge is 0.201 e. The highest BCUT2D eigenvalue weighted by Gasteiger charge is 2.27. The standard InChI is InChI=1S/C9H12O2S/c1-9(2,3)5-7-6(10)4-8(11)12-7/h5H,4H2,1-3H3/b7-5+. The van der Waals surface area contributed by atoms with Crippen molar-refractivity contribution in [2.75, 3.05) is 0 Å². The monoisotopic (exact) mass is 184 g/mol. The average molecular weight is 184 g/mol. The zero-order valence-corrected chi connectivity index (χ0v) is 8.33. The molecule has 0 atom stereocenters. The highest BCUT2D eigenvalue weighted by atomic mass is 32.2. The van der Waals surface area contributed by atoms with E-state index in [0.29, 0.717) is 4.91 Å². The zero-order valence-electron chi connectivity index (χ0n) is 7.51. The lowest BCUT2D eigenvalue weighted by Gasteiger charge is -2.11. The van der Waals surface area contributed by atoms with Crippen LogP contribution in [0.1, 0.15) is 27.2 Å². The van der Waals surface area contributed by atoms with Crippen LogP contribution < -0.4 is 0 Å². The maximum atomic E-state index is 11.2. The zero-order chi connectivity index (χ0) is 9.35. The molecule has 3 heteroatoms. The molecule has 0 aliphatic carbocycles. The van der Waals surface area contributed by atoms with E-state index in [1.807, 2.05) is 26.8 Å². The van der Waals surface area contributed by atoms with Gasteiger partial charge >= 0.3 is 0 Å². The van der Waals surface area contributed by atoms with Crippen molar-refractivity contribution in [2.45, 2.75) is 27.2 Å². The predicted octanol–water partition coefficient (Wildman–Crippen LogP) is 2.15. The minimum absolute atomic E-state index is 0.0252. The summed E-state index contributed by atoms with van der Waals surface area (Å²) >= 11 is 1.07. The summed E-state index contributed by atoms with van der Waals surface area (Å²) in [6.07, 6.45) is 1.94. The minimum Gasteiger partial charge on any atom is -0.293 e. The lowest BCUT2D eigenvalue weighted by Crippen LogP contribution is -2.02. The fourth-order valence-electron chi connectivity index (χ4n) is 0.937. The second kappa shape index (κ2) is 3.05. The highest BCUT2D eigenvalue weighted by Crippen LogP contribution is 2.32. The van der Waals surface area contributed by atoms with Crippen LogP contribution in [0.5, 0.6) is 0 Å². The molecule has 0 aromatic carbocycles. The molecule has 0 bridgehead atoms. The molecule has 0 radical (unpaired) electrons. The Kier molecular flexibility index (Phi) is 2.42. The summed E-state index contributed by atoms with van der Waals surface area (Å²) in [6.45, 7) is 6.03. The number of carbonyl (C=O) groups excluding carboxylic acids is 2. The maximum absolute atomic E-state index is 11.2. The van der Waals surface area contributed by atoms with Gasteiger partial charge in [0.25, 0.3) is 0 Å². The van der Waals surface area contributed by atoms with Gasteiger partial charge in [-0.15, -0.1) is 0 Å². The lowest BCUT2D eigenvalue weighted by atomic mass is 9.95. The van der Waals surface area contributed by atoms with Crippen LogP contribution in [0.3, 0.4) is 0 Å². The molecule has 0 N–H and O–H groups in total. The van der Waals surface area contributed by atoms with Crippen LogP contribution in [0.4, 0.5) is 0 Å². The molecule has 0 unspecified atom stereocenters. The summed E-state index contributed by atoms with van der Waals surface area (Å²) < 4.78 is 0. The Morgan fingerprint density at radius 1 is 1.33 bits per heavy atom. The van der Waals surface area contributed by atoms with Crippen molar-refractivity contribution in [3.05, 3.63) is 11.0 Å². The Morgan fingerprint density at radius 2 is 1.92 bits per heavy atom. The topological polar surface area (TPSA) is 34.1 Å². The molecule has 0 spiro atoms. The van der Waals surface area contributed by atoms with E-state index < -0.39 is 0 Å². The van der Waals surface area contributed by atoms with Crippen molar-refractivity contribution in [3.63, 3.8) is 0 Å². The van der Waals surface area contributed by atoms with Crippen molar-refractivity contribution >= 4 is 22.7 Å². The van der Waals surface area contributed by atoms with Gasteiger partial charge in [0.05, 0.1) is 11.3 Å². The first kappa shape index (κ1) is 9.52. The van der Waals surface area contributed by atoms with E-state index in [4.69, 9.17) is 0 Å². The van der Waals surface area contributed by atoms with Gasteiger partial charge in [0.15, 0.2) is 5.78 Å². The normalized spacial score (nSPS) is 22.4. The highest BCUT2D eigenvalue weighted by molar-refractivity contribution is 8.18. The number of ketones is 1. The molecule has 0 saturated carbocycles. The molecule has 1 rings (SSSR count). The molecule has 0 aromatic heterocycles. The Morgan fingerprint density at radius 3 is 2.25 bits per heavy atom. The van der Waals surface area contributed by atoms with E-state index in [0.717, 1.165) is 11.8 Å². The number of allylic oxidation sites excluding steroid dienone is 2. The van der Waals surface area contributed by atoms with Gasteiger partial charge in [-0.05, 0) is 17.2 Å². The van der Waals surface area contributed by atoms with Gasteiger partial charge in [0, 0.05) is 0 Å². The first-order valence-corrected chi connectivity index (χ1v) is 4.67. The number of hydrogen-bond acceptors (Lipinski definition) is 3. The average Bonchev–Trinajstić information content (AvgIpc) is 2.06. The van der Waals surface area contributed by atoms with Crippen LogP contribution in [0.2, 0.25) is 0 Å². The Bertz CT molecular complexity index is 258. The summed E-state index contributed by atoms with van der Waals surface area (Å²) in [5, 5.41) is -0.0319. The molecule has 1 aliphatic rings. The van der Waals surface area contributed by atoms with Crippen LogP contribution in [0.15, 0.2) is 11.0 Å². The Balaban J connectivity index is 2.84. The predicted molar refractivity (Wildman–Crippen MR) is 49.8 cm³/mol. The van der Waals surface area contributed by atoms with E-state index in [1.54, 1.807) is 0 Å². The summed E-state index contributed by atoms with van der Waals surface area (Å²) in [5.41, 5.74) is -0.0252. The fraction of sp³-hybridized carbons (Fsp3) is 0.556. The molecule has 1 saturated heterocycles. The van der Waals surface area contributed by atoms with Gasteiger partial charge in [-0.3, -0.25) is 9.59 Å². The van der Waals surface area contributed by atoms with Gasteiger partial charge < -0.3 is 0 Å². The third-order valence-electron chi connectivity index (χ3n) is 1.37. The summed E-state index contributed by atoms with van der Waals surface area (Å²) in [7, 11) is 0.